The molecule has 0 atom stereocenters. The van der Waals surface area contributed by atoms with Gasteiger partial charge in [0.1, 0.15) is 0 Å². The van der Waals surface area contributed by atoms with Crippen LogP contribution >= 0.6 is 0 Å². The van der Waals surface area contributed by atoms with Gasteiger partial charge in [-0.25, -0.2) is 0 Å². The summed E-state index contributed by atoms with van der Waals surface area (Å²) in [6.45, 7) is 3.14. The molecule has 3 aromatic rings. The SMILES string of the molecule is CN=C(NCc1cccc(CN(C)C)c1)NCc1ccccc1Cn1cccn1. The van der Waals surface area contributed by atoms with Crippen molar-refractivity contribution in [2.75, 3.05) is 21.1 Å². The fraction of sp³-hybridized carbons (Fsp3) is 0.304. The zero-order valence-electron chi connectivity index (χ0n) is 17.5. The second kappa shape index (κ2) is 10.4. The Kier molecular flexibility index (Phi) is 7.41. The first-order chi connectivity index (χ1) is 14.1. The van der Waals surface area contributed by atoms with E-state index in [9.17, 15) is 0 Å². The van der Waals surface area contributed by atoms with Crippen LogP contribution in [0.15, 0.2) is 72.0 Å². The minimum absolute atomic E-state index is 0.706. The van der Waals surface area contributed by atoms with Crippen molar-refractivity contribution in [1.82, 2.24) is 25.3 Å². The molecule has 0 aliphatic heterocycles. The van der Waals surface area contributed by atoms with Gasteiger partial charge in [0.2, 0.25) is 0 Å². The van der Waals surface area contributed by atoms with E-state index < -0.39 is 0 Å². The van der Waals surface area contributed by atoms with Crippen LogP contribution < -0.4 is 10.6 Å². The van der Waals surface area contributed by atoms with E-state index in [1.807, 2.05) is 16.9 Å². The number of aromatic nitrogens is 2. The predicted octanol–water partition coefficient (Wildman–Crippen LogP) is 2.86. The van der Waals surface area contributed by atoms with Crippen LogP contribution in [0.5, 0.6) is 0 Å². The highest BCUT2D eigenvalue weighted by atomic mass is 15.3. The van der Waals surface area contributed by atoms with E-state index in [2.05, 4.69) is 88.3 Å². The van der Waals surface area contributed by atoms with Gasteiger partial charge in [-0.05, 0) is 42.4 Å². The van der Waals surface area contributed by atoms with Crippen LogP contribution in [0.3, 0.4) is 0 Å². The van der Waals surface area contributed by atoms with E-state index in [4.69, 9.17) is 0 Å². The van der Waals surface area contributed by atoms with Gasteiger partial charge in [-0.3, -0.25) is 9.67 Å². The number of hydrogen-bond acceptors (Lipinski definition) is 3. The molecule has 0 fully saturated rings. The molecule has 2 N–H and O–H groups in total. The van der Waals surface area contributed by atoms with Crippen molar-refractivity contribution in [3.8, 4) is 0 Å². The Labute approximate surface area is 173 Å². The van der Waals surface area contributed by atoms with Crippen LogP contribution in [0, 0.1) is 0 Å². The molecule has 6 heteroatoms. The highest BCUT2D eigenvalue weighted by Gasteiger charge is 2.05. The molecule has 2 aromatic carbocycles. The molecule has 0 bridgehead atoms. The lowest BCUT2D eigenvalue weighted by Crippen LogP contribution is -2.36. The topological polar surface area (TPSA) is 57.5 Å². The van der Waals surface area contributed by atoms with E-state index in [-0.39, 0.29) is 0 Å². The maximum atomic E-state index is 4.36. The number of nitrogens with zero attached hydrogens (tertiary/aromatic N) is 4. The molecule has 0 radical (unpaired) electrons. The molecule has 29 heavy (non-hydrogen) atoms. The third-order valence-electron chi connectivity index (χ3n) is 4.63. The summed E-state index contributed by atoms with van der Waals surface area (Å²) >= 11 is 0. The Morgan fingerprint density at radius 2 is 1.72 bits per heavy atom. The number of nitrogens with one attached hydrogen (secondary N) is 2. The molecule has 1 heterocycles. The van der Waals surface area contributed by atoms with Gasteiger partial charge in [0.05, 0.1) is 6.54 Å². The van der Waals surface area contributed by atoms with Crippen LogP contribution in [-0.2, 0) is 26.2 Å². The fourth-order valence-electron chi connectivity index (χ4n) is 3.24. The summed E-state index contributed by atoms with van der Waals surface area (Å²) in [7, 11) is 5.97. The Hall–Kier alpha value is -3.12. The first kappa shape index (κ1) is 20.6. The molecule has 0 aliphatic rings. The summed E-state index contributed by atoms with van der Waals surface area (Å²) in [5, 5.41) is 11.1. The smallest absolute Gasteiger partial charge is 0.191 e. The van der Waals surface area contributed by atoms with Crippen LogP contribution in [-0.4, -0.2) is 41.8 Å². The van der Waals surface area contributed by atoms with E-state index >= 15 is 0 Å². The van der Waals surface area contributed by atoms with E-state index in [0.29, 0.717) is 6.54 Å². The normalized spacial score (nSPS) is 11.7. The Balaban J connectivity index is 1.56. The minimum atomic E-state index is 0.706. The van der Waals surface area contributed by atoms with Crippen LogP contribution in [0.1, 0.15) is 22.3 Å². The summed E-state index contributed by atoms with van der Waals surface area (Å²) < 4.78 is 1.94. The standard InChI is InChI=1S/C23H30N6/c1-24-23(25-15-19-8-6-9-20(14-19)17-28(2)3)26-16-21-10-4-5-11-22(21)18-29-13-7-12-27-29/h4-14H,15-18H2,1-3H3,(H2,24,25,26). The third-order valence-corrected chi connectivity index (χ3v) is 4.63. The van der Waals surface area contributed by atoms with Crippen LogP contribution in [0.25, 0.3) is 0 Å². The molecule has 0 saturated heterocycles. The van der Waals surface area contributed by atoms with Crippen molar-refractivity contribution in [3.05, 3.63) is 89.2 Å². The molecule has 0 amide bonds. The van der Waals surface area contributed by atoms with E-state index in [1.165, 1.54) is 22.3 Å². The van der Waals surface area contributed by atoms with Gasteiger partial charge in [0, 0.05) is 39.1 Å². The molecular weight excluding hydrogens is 360 g/mol. The number of aliphatic imine (C=N–C) groups is 1. The zero-order chi connectivity index (χ0) is 20.5. The van der Waals surface area contributed by atoms with Gasteiger partial charge >= 0.3 is 0 Å². The number of guanidine groups is 1. The highest BCUT2D eigenvalue weighted by molar-refractivity contribution is 5.79. The van der Waals surface area contributed by atoms with E-state index in [1.54, 1.807) is 13.2 Å². The Morgan fingerprint density at radius 3 is 2.45 bits per heavy atom. The molecule has 3 rings (SSSR count). The maximum Gasteiger partial charge on any atom is 0.191 e. The summed E-state index contributed by atoms with van der Waals surface area (Å²) in [5.41, 5.74) is 5.03. The first-order valence-electron chi connectivity index (χ1n) is 9.85. The van der Waals surface area contributed by atoms with Gasteiger partial charge in [-0.1, -0.05) is 48.5 Å². The quantitative estimate of drug-likeness (QED) is 0.459. The predicted molar refractivity (Wildman–Crippen MR) is 119 cm³/mol. The average Bonchev–Trinajstić information content (AvgIpc) is 3.22. The fourth-order valence-corrected chi connectivity index (χ4v) is 3.24. The molecule has 152 valence electrons. The van der Waals surface area contributed by atoms with E-state index in [0.717, 1.165) is 25.6 Å². The molecule has 0 saturated carbocycles. The first-order valence-corrected chi connectivity index (χ1v) is 9.85. The average molecular weight is 391 g/mol. The lowest BCUT2D eigenvalue weighted by molar-refractivity contribution is 0.402. The van der Waals surface area contributed by atoms with Crippen molar-refractivity contribution < 1.29 is 0 Å². The Bertz CT molecular complexity index is 915. The Morgan fingerprint density at radius 1 is 0.966 bits per heavy atom. The van der Waals surface area contributed by atoms with Crippen LogP contribution in [0.4, 0.5) is 0 Å². The molecule has 1 aromatic heterocycles. The number of hydrogen-bond donors (Lipinski definition) is 2. The summed E-state index contributed by atoms with van der Waals surface area (Å²) in [4.78, 5) is 6.54. The van der Waals surface area contributed by atoms with Gasteiger partial charge in [0.25, 0.3) is 0 Å². The van der Waals surface area contributed by atoms with Gasteiger partial charge < -0.3 is 15.5 Å². The second-order valence-corrected chi connectivity index (χ2v) is 7.31. The number of benzene rings is 2. The summed E-state index contributed by atoms with van der Waals surface area (Å²) in [6, 6.07) is 19.0. The molecule has 0 unspecified atom stereocenters. The summed E-state index contributed by atoms with van der Waals surface area (Å²) in [6.07, 6.45) is 3.79. The van der Waals surface area contributed by atoms with Crippen molar-refractivity contribution in [2.24, 2.45) is 4.99 Å². The molecule has 0 aliphatic carbocycles. The monoisotopic (exact) mass is 390 g/mol. The van der Waals surface area contributed by atoms with Crippen LogP contribution in [0.2, 0.25) is 0 Å². The second-order valence-electron chi connectivity index (χ2n) is 7.31. The van der Waals surface area contributed by atoms with Gasteiger partial charge in [-0.2, -0.15) is 5.10 Å². The molecular formula is C23H30N6. The molecule has 6 nitrogen and oxygen atoms in total. The largest absolute Gasteiger partial charge is 0.352 e. The maximum absolute atomic E-state index is 4.36. The van der Waals surface area contributed by atoms with Crippen molar-refractivity contribution in [1.29, 1.82) is 0 Å². The van der Waals surface area contributed by atoms with Crippen molar-refractivity contribution >= 4 is 5.96 Å². The van der Waals surface area contributed by atoms with Gasteiger partial charge in [-0.15, -0.1) is 0 Å². The minimum Gasteiger partial charge on any atom is -0.352 e. The molecule has 0 spiro atoms. The number of rotatable bonds is 8. The van der Waals surface area contributed by atoms with Crippen molar-refractivity contribution in [2.45, 2.75) is 26.2 Å². The third kappa shape index (κ3) is 6.47. The lowest BCUT2D eigenvalue weighted by Gasteiger charge is -2.15. The van der Waals surface area contributed by atoms with Crippen molar-refractivity contribution in [3.63, 3.8) is 0 Å². The van der Waals surface area contributed by atoms with Gasteiger partial charge in [0.15, 0.2) is 5.96 Å². The zero-order valence-corrected chi connectivity index (χ0v) is 17.5. The highest BCUT2D eigenvalue weighted by Crippen LogP contribution is 2.10. The lowest BCUT2D eigenvalue weighted by atomic mass is 10.1. The summed E-state index contributed by atoms with van der Waals surface area (Å²) in [5.74, 6) is 0.789.